The fourth-order valence-electron chi connectivity index (χ4n) is 5.01. The summed E-state index contributed by atoms with van der Waals surface area (Å²) >= 11 is 2.18. The third-order valence-electron chi connectivity index (χ3n) is 6.98. The van der Waals surface area contributed by atoms with Crippen molar-refractivity contribution in [3.05, 3.63) is 79.4 Å². The standard InChI is InChI=1S/C26H28IN3O6/c1-17(5-2-9-24(32)28-12-4-8-21(28)16-31)26(34)22-14-20(30(35)36)10-11-23(22)29(25(26)33)15-18-6-3-7-19(27)13-18/h2-3,5-7,10-11,13-14,17,21,31,34H,4,8-9,12,15-16H2,1H3/b5-2+/t17-,21+,26+/m1/s1. The molecule has 1 saturated heterocycles. The molecular formula is C26H28IN3O6. The maximum absolute atomic E-state index is 13.7. The van der Waals surface area contributed by atoms with Gasteiger partial charge in [0.2, 0.25) is 5.91 Å². The van der Waals surface area contributed by atoms with Crippen LogP contribution in [-0.4, -0.2) is 51.0 Å². The summed E-state index contributed by atoms with van der Waals surface area (Å²) in [4.78, 5) is 40.3. The topological polar surface area (TPSA) is 124 Å². The molecule has 2 N–H and O–H groups in total. The lowest BCUT2D eigenvalue weighted by atomic mass is 9.82. The Bertz CT molecular complexity index is 1220. The third-order valence-corrected chi connectivity index (χ3v) is 7.65. The van der Waals surface area contributed by atoms with Crippen LogP contribution in [0.3, 0.4) is 0 Å². The van der Waals surface area contributed by atoms with Crippen LogP contribution in [0.2, 0.25) is 0 Å². The van der Waals surface area contributed by atoms with Crippen molar-refractivity contribution in [1.82, 2.24) is 4.90 Å². The number of benzene rings is 2. The van der Waals surface area contributed by atoms with E-state index in [0.717, 1.165) is 22.0 Å². The van der Waals surface area contributed by atoms with E-state index in [9.17, 15) is 29.9 Å². The van der Waals surface area contributed by atoms with E-state index < -0.39 is 22.3 Å². The van der Waals surface area contributed by atoms with Gasteiger partial charge in [-0.1, -0.05) is 31.2 Å². The third kappa shape index (κ3) is 4.89. The van der Waals surface area contributed by atoms with Gasteiger partial charge in [-0.2, -0.15) is 0 Å². The van der Waals surface area contributed by atoms with E-state index in [1.807, 2.05) is 24.3 Å². The molecule has 2 amide bonds. The van der Waals surface area contributed by atoms with Gasteiger partial charge in [-0.15, -0.1) is 0 Å². The van der Waals surface area contributed by atoms with Crippen LogP contribution in [-0.2, 0) is 21.7 Å². The molecule has 0 bridgehead atoms. The molecular weight excluding hydrogens is 577 g/mol. The van der Waals surface area contributed by atoms with Crippen molar-refractivity contribution in [3.8, 4) is 0 Å². The number of rotatable bonds is 8. The van der Waals surface area contributed by atoms with Crippen LogP contribution in [0.15, 0.2) is 54.6 Å². The van der Waals surface area contributed by atoms with Crippen LogP contribution in [0, 0.1) is 19.6 Å². The predicted molar refractivity (Wildman–Crippen MR) is 142 cm³/mol. The first-order valence-corrected chi connectivity index (χ1v) is 12.9. The summed E-state index contributed by atoms with van der Waals surface area (Å²) in [5.74, 6) is -1.46. The van der Waals surface area contributed by atoms with E-state index in [2.05, 4.69) is 22.6 Å². The van der Waals surface area contributed by atoms with Crippen molar-refractivity contribution in [2.75, 3.05) is 18.1 Å². The molecule has 3 atom stereocenters. The van der Waals surface area contributed by atoms with Crippen LogP contribution in [0.25, 0.3) is 0 Å². The molecule has 9 nitrogen and oxygen atoms in total. The molecule has 2 aliphatic rings. The molecule has 0 aromatic heterocycles. The molecule has 1 fully saturated rings. The number of nitrogens with zero attached hydrogens (tertiary/aromatic N) is 3. The molecule has 0 aliphatic carbocycles. The number of nitro groups is 1. The number of carbonyl (C=O) groups is 2. The number of hydrogen-bond acceptors (Lipinski definition) is 6. The van der Waals surface area contributed by atoms with E-state index in [0.29, 0.717) is 12.2 Å². The molecule has 36 heavy (non-hydrogen) atoms. The van der Waals surface area contributed by atoms with Crippen LogP contribution < -0.4 is 4.90 Å². The number of aliphatic hydroxyl groups excluding tert-OH is 1. The highest BCUT2D eigenvalue weighted by molar-refractivity contribution is 14.1. The summed E-state index contributed by atoms with van der Waals surface area (Å²) in [6.45, 7) is 2.38. The van der Waals surface area contributed by atoms with Crippen molar-refractivity contribution in [2.24, 2.45) is 5.92 Å². The Morgan fingerprint density at radius 3 is 2.81 bits per heavy atom. The Morgan fingerprint density at radius 2 is 2.11 bits per heavy atom. The van der Waals surface area contributed by atoms with Crippen molar-refractivity contribution >= 4 is 45.8 Å². The Balaban J connectivity index is 1.61. The van der Waals surface area contributed by atoms with Gasteiger partial charge in [0.1, 0.15) is 0 Å². The largest absolute Gasteiger partial charge is 0.394 e. The number of amides is 2. The van der Waals surface area contributed by atoms with E-state index in [-0.39, 0.29) is 42.8 Å². The predicted octanol–water partition coefficient (Wildman–Crippen LogP) is 3.50. The first-order valence-electron chi connectivity index (χ1n) is 11.8. The maximum Gasteiger partial charge on any atom is 0.269 e. The molecule has 190 valence electrons. The van der Waals surface area contributed by atoms with Gasteiger partial charge in [0.25, 0.3) is 11.6 Å². The lowest BCUT2D eigenvalue weighted by molar-refractivity contribution is -0.385. The van der Waals surface area contributed by atoms with E-state index in [1.54, 1.807) is 24.0 Å². The van der Waals surface area contributed by atoms with Crippen LogP contribution in [0.5, 0.6) is 0 Å². The number of hydrogen-bond donors (Lipinski definition) is 2. The molecule has 0 unspecified atom stereocenters. The van der Waals surface area contributed by atoms with Gasteiger partial charge in [0, 0.05) is 40.1 Å². The first-order chi connectivity index (χ1) is 17.2. The quantitative estimate of drug-likeness (QED) is 0.206. The highest BCUT2D eigenvalue weighted by atomic mass is 127. The molecule has 0 spiro atoms. The molecule has 10 heteroatoms. The fraction of sp³-hybridized carbons (Fsp3) is 0.385. The summed E-state index contributed by atoms with van der Waals surface area (Å²) < 4.78 is 0.998. The summed E-state index contributed by atoms with van der Waals surface area (Å²) in [6, 6.07) is 11.5. The highest BCUT2D eigenvalue weighted by Gasteiger charge is 2.53. The zero-order valence-corrected chi connectivity index (χ0v) is 22.0. The number of aliphatic hydroxyl groups is 2. The SMILES string of the molecule is C[C@H](/C=C/CC(=O)N1CCC[C@H]1CO)[C@@]1(O)C(=O)N(Cc2cccc(I)c2)c2ccc([N+](=O)[O-])cc21. The minimum atomic E-state index is -2.02. The second-order valence-corrected chi connectivity index (χ2v) is 10.5. The Morgan fingerprint density at radius 1 is 1.33 bits per heavy atom. The van der Waals surface area contributed by atoms with E-state index >= 15 is 0 Å². The number of carbonyl (C=O) groups excluding carboxylic acids is 2. The van der Waals surface area contributed by atoms with Crippen LogP contribution in [0.1, 0.15) is 37.3 Å². The van der Waals surface area contributed by atoms with Crippen molar-refractivity contribution in [2.45, 2.75) is 44.4 Å². The first kappa shape index (κ1) is 26.2. The number of nitro benzene ring substituents is 1. The number of anilines is 1. The normalized spacial score (nSPS) is 22.3. The molecule has 0 radical (unpaired) electrons. The number of likely N-dealkylation sites (tertiary alicyclic amines) is 1. The average molecular weight is 605 g/mol. The van der Waals surface area contributed by atoms with Crippen molar-refractivity contribution in [1.29, 1.82) is 0 Å². The Labute approximate surface area is 222 Å². The molecule has 2 aromatic rings. The lowest BCUT2D eigenvalue weighted by Crippen LogP contribution is -2.44. The average Bonchev–Trinajstić information content (AvgIpc) is 3.42. The number of non-ortho nitro benzene ring substituents is 1. The summed E-state index contributed by atoms with van der Waals surface area (Å²) in [5.41, 5.74) is -0.778. The monoisotopic (exact) mass is 605 g/mol. The Hall–Kier alpha value is -2.83. The van der Waals surface area contributed by atoms with Gasteiger partial charge >= 0.3 is 0 Å². The molecule has 0 saturated carbocycles. The number of fused-ring (bicyclic) bond motifs is 1. The van der Waals surface area contributed by atoms with Crippen molar-refractivity contribution in [3.63, 3.8) is 0 Å². The zero-order chi connectivity index (χ0) is 26.0. The maximum atomic E-state index is 13.7. The second kappa shape index (κ2) is 10.7. The van der Waals surface area contributed by atoms with E-state index in [4.69, 9.17) is 0 Å². The summed E-state index contributed by atoms with van der Waals surface area (Å²) in [7, 11) is 0. The van der Waals surface area contributed by atoms with Crippen LogP contribution >= 0.6 is 22.6 Å². The minimum Gasteiger partial charge on any atom is -0.394 e. The fourth-order valence-corrected chi connectivity index (χ4v) is 5.61. The molecule has 2 aromatic carbocycles. The minimum absolute atomic E-state index is 0.0685. The smallest absolute Gasteiger partial charge is 0.269 e. The lowest BCUT2D eigenvalue weighted by Gasteiger charge is -2.28. The second-order valence-electron chi connectivity index (χ2n) is 9.23. The molecule has 2 heterocycles. The molecule has 4 rings (SSSR count). The number of halogens is 1. The zero-order valence-electron chi connectivity index (χ0n) is 19.8. The highest BCUT2D eigenvalue weighted by Crippen LogP contribution is 2.47. The van der Waals surface area contributed by atoms with Crippen LogP contribution in [0.4, 0.5) is 11.4 Å². The summed E-state index contributed by atoms with van der Waals surface area (Å²) in [5, 5.41) is 32.7. The van der Waals surface area contributed by atoms with Gasteiger partial charge in [-0.05, 0) is 59.2 Å². The van der Waals surface area contributed by atoms with Crippen molar-refractivity contribution < 1.29 is 24.7 Å². The van der Waals surface area contributed by atoms with Gasteiger partial charge in [-0.3, -0.25) is 19.7 Å². The van der Waals surface area contributed by atoms with Gasteiger partial charge < -0.3 is 20.0 Å². The van der Waals surface area contributed by atoms with Gasteiger partial charge in [-0.25, -0.2) is 0 Å². The summed E-state index contributed by atoms with van der Waals surface area (Å²) in [6.07, 6.45) is 4.90. The van der Waals surface area contributed by atoms with Gasteiger partial charge in [0.15, 0.2) is 5.60 Å². The molecule has 2 aliphatic heterocycles. The van der Waals surface area contributed by atoms with E-state index in [1.165, 1.54) is 23.1 Å². The van der Waals surface area contributed by atoms with Gasteiger partial charge in [0.05, 0.1) is 29.8 Å². The Kier molecular flexibility index (Phi) is 7.76.